The first-order valence-corrected chi connectivity index (χ1v) is 6.11. The summed E-state index contributed by atoms with van der Waals surface area (Å²) in [7, 11) is 0. The number of hydrogen-bond donors (Lipinski definition) is 2. The topological polar surface area (TPSA) is 79.9 Å². The normalized spacial score (nSPS) is 10.2. The molecule has 6 nitrogen and oxygen atoms in total. The molecular formula is C11H20N4O2. The molecule has 0 unspecified atom stereocenters. The summed E-state index contributed by atoms with van der Waals surface area (Å²) in [5.74, 6) is 0.300. The number of unbranched alkanes of at least 4 members (excludes halogenated alkanes) is 3. The molecule has 1 amide bonds. The van der Waals surface area contributed by atoms with Crippen LogP contribution in [0.4, 0.5) is 5.95 Å². The number of carbonyl (C=O) groups is 1. The molecule has 2 N–H and O–H groups in total. The molecule has 96 valence electrons. The Morgan fingerprint density at radius 2 is 2.18 bits per heavy atom. The van der Waals surface area contributed by atoms with E-state index in [1.807, 2.05) is 6.92 Å². The highest BCUT2D eigenvalue weighted by Crippen LogP contribution is 2.07. The molecule has 0 radical (unpaired) electrons. The number of nitrogens with one attached hydrogen (secondary N) is 2. The third-order valence-corrected chi connectivity index (χ3v) is 2.25. The Labute approximate surface area is 101 Å². The molecule has 6 heteroatoms. The zero-order valence-corrected chi connectivity index (χ0v) is 10.5. The van der Waals surface area contributed by atoms with E-state index in [4.69, 9.17) is 4.74 Å². The van der Waals surface area contributed by atoms with E-state index in [1.54, 1.807) is 0 Å². The van der Waals surface area contributed by atoms with Gasteiger partial charge in [0.25, 0.3) is 0 Å². The Morgan fingerprint density at radius 3 is 2.88 bits per heavy atom. The molecule has 0 fully saturated rings. The molecule has 0 spiro atoms. The fourth-order valence-electron chi connectivity index (χ4n) is 1.40. The summed E-state index contributed by atoms with van der Waals surface area (Å²) >= 11 is 0. The molecule has 1 heterocycles. The molecular weight excluding hydrogens is 220 g/mol. The average molecular weight is 240 g/mol. The fraction of sp³-hybridized carbons (Fsp3) is 0.727. The highest BCUT2D eigenvalue weighted by atomic mass is 16.5. The van der Waals surface area contributed by atoms with Gasteiger partial charge in [0.1, 0.15) is 0 Å². The van der Waals surface area contributed by atoms with Gasteiger partial charge in [-0.05, 0) is 13.3 Å². The van der Waals surface area contributed by atoms with Gasteiger partial charge in [-0.25, -0.2) is 5.10 Å². The smallest absolute Gasteiger partial charge is 0.337 e. The third-order valence-electron chi connectivity index (χ3n) is 2.25. The number of rotatable bonds is 8. The van der Waals surface area contributed by atoms with Gasteiger partial charge in [0.05, 0.1) is 6.61 Å². The number of amides is 1. The second-order valence-corrected chi connectivity index (χ2v) is 3.76. The predicted molar refractivity (Wildman–Crippen MR) is 64.9 cm³/mol. The van der Waals surface area contributed by atoms with Crippen molar-refractivity contribution < 1.29 is 9.53 Å². The van der Waals surface area contributed by atoms with Crippen molar-refractivity contribution in [2.24, 2.45) is 0 Å². The zero-order valence-electron chi connectivity index (χ0n) is 10.5. The minimum atomic E-state index is -0.0414. The number of nitrogens with zero attached hydrogens (tertiary/aromatic N) is 2. The Morgan fingerprint density at radius 1 is 1.35 bits per heavy atom. The Hall–Kier alpha value is -1.59. The number of carbonyl (C=O) groups excluding carboxylic acids is 1. The Kier molecular flexibility index (Phi) is 6.06. The van der Waals surface area contributed by atoms with Crippen LogP contribution in [0.1, 0.15) is 46.0 Å². The number of aromatic amines is 1. The van der Waals surface area contributed by atoms with Crippen LogP contribution in [-0.2, 0) is 4.79 Å². The molecule has 0 aliphatic heterocycles. The third kappa shape index (κ3) is 5.33. The summed E-state index contributed by atoms with van der Waals surface area (Å²) in [6, 6.07) is 0.258. The molecule has 0 bridgehead atoms. The van der Waals surface area contributed by atoms with Gasteiger partial charge in [-0.2, -0.15) is 4.98 Å². The van der Waals surface area contributed by atoms with Gasteiger partial charge >= 0.3 is 6.01 Å². The molecule has 1 aromatic rings. The monoisotopic (exact) mass is 240 g/mol. The van der Waals surface area contributed by atoms with Crippen LogP contribution in [0.2, 0.25) is 0 Å². The molecule has 0 saturated heterocycles. The predicted octanol–water partition coefficient (Wildman–Crippen LogP) is 2.11. The van der Waals surface area contributed by atoms with E-state index in [0.717, 1.165) is 12.8 Å². The average Bonchev–Trinajstić information content (AvgIpc) is 2.73. The van der Waals surface area contributed by atoms with Crippen LogP contribution in [0.3, 0.4) is 0 Å². The van der Waals surface area contributed by atoms with E-state index in [1.165, 1.54) is 12.8 Å². The van der Waals surface area contributed by atoms with Gasteiger partial charge in [0.2, 0.25) is 11.9 Å². The van der Waals surface area contributed by atoms with Gasteiger partial charge in [0.15, 0.2) is 0 Å². The van der Waals surface area contributed by atoms with E-state index in [0.29, 0.717) is 19.0 Å². The van der Waals surface area contributed by atoms with Crippen molar-refractivity contribution >= 4 is 11.9 Å². The molecule has 0 saturated carbocycles. The van der Waals surface area contributed by atoms with Gasteiger partial charge in [-0.15, -0.1) is 5.10 Å². The molecule has 0 aromatic carbocycles. The number of aromatic nitrogens is 3. The van der Waals surface area contributed by atoms with Crippen molar-refractivity contribution in [3.05, 3.63) is 0 Å². The summed E-state index contributed by atoms with van der Waals surface area (Å²) in [5.41, 5.74) is 0. The van der Waals surface area contributed by atoms with Gasteiger partial charge in [-0.1, -0.05) is 26.2 Å². The van der Waals surface area contributed by atoms with Crippen molar-refractivity contribution in [1.29, 1.82) is 0 Å². The van der Waals surface area contributed by atoms with Gasteiger partial charge in [0, 0.05) is 6.42 Å². The van der Waals surface area contributed by atoms with Crippen molar-refractivity contribution in [3.8, 4) is 6.01 Å². The zero-order chi connectivity index (χ0) is 12.5. The van der Waals surface area contributed by atoms with Crippen LogP contribution in [0.25, 0.3) is 0 Å². The van der Waals surface area contributed by atoms with Crippen LogP contribution >= 0.6 is 0 Å². The van der Waals surface area contributed by atoms with E-state index >= 15 is 0 Å². The van der Waals surface area contributed by atoms with Gasteiger partial charge < -0.3 is 4.74 Å². The van der Waals surface area contributed by atoms with Crippen molar-refractivity contribution in [2.75, 3.05) is 11.9 Å². The second-order valence-electron chi connectivity index (χ2n) is 3.76. The molecule has 0 aliphatic carbocycles. The number of anilines is 1. The molecule has 0 aliphatic rings. The minimum Gasteiger partial charge on any atom is -0.463 e. The maximum atomic E-state index is 11.5. The maximum Gasteiger partial charge on any atom is 0.337 e. The summed E-state index contributed by atoms with van der Waals surface area (Å²) in [4.78, 5) is 15.5. The number of ether oxygens (including phenoxy) is 1. The first-order chi connectivity index (χ1) is 8.26. The Bertz CT molecular complexity index is 338. The summed E-state index contributed by atoms with van der Waals surface area (Å²) < 4.78 is 5.08. The standard InChI is InChI=1S/C11H20N4O2/c1-3-5-6-7-8-9(16)12-10-13-11(15-14-10)17-4-2/h3-8H2,1-2H3,(H2,12,13,14,15,16). The van der Waals surface area contributed by atoms with E-state index < -0.39 is 0 Å². The largest absolute Gasteiger partial charge is 0.463 e. The highest BCUT2D eigenvalue weighted by Gasteiger charge is 2.07. The van der Waals surface area contributed by atoms with E-state index in [2.05, 4.69) is 27.4 Å². The van der Waals surface area contributed by atoms with Crippen molar-refractivity contribution in [2.45, 2.75) is 46.0 Å². The lowest BCUT2D eigenvalue weighted by Crippen LogP contribution is -2.12. The first kappa shape index (κ1) is 13.5. The SMILES string of the molecule is CCCCCCC(=O)Nc1nc(OCC)n[nH]1. The highest BCUT2D eigenvalue weighted by molar-refractivity contribution is 5.88. The summed E-state index contributed by atoms with van der Waals surface area (Å²) in [6.07, 6.45) is 4.85. The molecule has 0 atom stereocenters. The molecule has 1 aromatic heterocycles. The Balaban J connectivity index is 2.24. The van der Waals surface area contributed by atoms with Crippen LogP contribution in [0.5, 0.6) is 6.01 Å². The lowest BCUT2D eigenvalue weighted by atomic mass is 10.1. The fourth-order valence-corrected chi connectivity index (χ4v) is 1.40. The second kappa shape index (κ2) is 7.65. The van der Waals surface area contributed by atoms with Gasteiger partial charge in [-0.3, -0.25) is 10.1 Å². The maximum absolute atomic E-state index is 11.5. The summed E-state index contributed by atoms with van der Waals surface area (Å²) in [5, 5.41) is 9.05. The minimum absolute atomic E-state index is 0.0414. The number of H-pyrrole nitrogens is 1. The van der Waals surface area contributed by atoms with E-state index in [9.17, 15) is 4.79 Å². The van der Waals surface area contributed by atoms with Crippen LogP contribution in [-0.4, -0.2) is 27.7 Å². The van der Waals surface area contributed by atoms with Crippen LogP contribution in [0, 0.1) is 0 Å². The van der Waals surface area contributed by atoms with Crippen molar-refractivity contribution in [3.63, 3.8) is 0 Å². The lowest BCUT2D eigenvalue weighted by molar-refractivity contribution is -0.116. The van der Waals surface area contributed by atoms with E-state index in [-0.39, 0.29) is 11.9 Å². The first-order valence-electron chi connectivity index (χ1n) is 6.11. The van der Waals surface area contributed by atoms with Crippen LogP contribution < -0.4 is 10.1 Å². The molecule has 17 heavy (non-hydrogen) atoms. The molecule has 1 rings (SSSR count). The quantitative estimate of drug-likeness (QED) is 0.682. The lowest BCUT2D eigenvalue weighted by Gasteiger charge is -2.00. The number of hydrogen-bond acceptors (Lipinski definition) is 4. The summed E-state index contributed by atoms with van der Waals surface area (Å²) in [6.45, 7) is 4.49. The van der Waals surface area contributed by atoms with Crippen molar-refractivity contribution in [1.82, 2.24) is 15.2 Å². The van der Waals surface area contributed by atoms with Crippen LogP contribution in [0.15, 0.2) is 0 Å².